The number of anilines is 1. The van der Waals surface area contributed by atoms with E-state index in [9.17, 15) is 9.59 Å². The number of halogens is 1. The van der Waals surface area contributed by atoms with Crippen molar-refractivity contribution in [2.75, 3.05) is 31.1 Å². The first-order valence-electron chi connectivity index (χ1n) is 13.8. The first-order chi connectivity index (χ1) is 20.0. The molecule has 1 spiro atoms. The van der Waals surface area contributed by atoms with Crippen LogP contribution in [-0.2, 0) is 24.3 Å². The molecule has 2 fully saturated rings. The number of nitrogens with zero attached hydrogens (tertiary/aromatic N) is 5. The number of thioether (sulfide) groups is 1. The highest BCUT2D eigenvalue weighted by Crippen LogP contribution is 2.40. The van der Waals surface area contributed by atoms with Crippen molar-refractivity contribution in [2.45, 2.75) is 32.0 Å². The van der Waals surface area contributed by atoms with Gasteiger partial charge in [0.25, 0.3) is 18.0 Å². The molecule has 2 N–H and O–H groups in total. The minimum atomic E-state index is -1.01. The zero-order valence-electron chi connectivity index (χ0n) is 22.2. The second kappa shape index (κ2) is 9.24. The number of nitrogens with one attached hydrogen (secondary N) is 2. The lowest BCUT2D eigenvalue weighted by Gasteiger charge is -2.57. The van der Waals surface area contributed by atoms with Crippen molar-refractivity contribution in [3.8, 4) is 11.1 Å². The van der Waals surface area contributed by atoms with Gasteiger partial charge in [-0.25, -0.2) is 9.37 Å². The van der Waals surface area contributed by atoms with Gasteiger partial charge >= 0.3 is 5.41 Å². The van der Waals surface area contributed by atoms with E-state index in [1.807, 2.05) is 16.7 Å². The first-order valence-corrected chi connectivity index (χ1v) is 14.7. The smallest absolute Gasteiger partial charge is 0.338 e. The third kappa shape index (κ3) is 3.99. The van der Waals surface area contributed by atoms with Crippen LogP contribution in [0.25, 0.3) is 11.1 Å². The monoisotopic (exact) mass is 568 g/mol. The van der Waals surface area contributed by atoms with Crippen LogP contribution in [0.5, 0.6) is 0 Å². The third-order valence-corrected chi connectivity index (χ3v) is 9.49. The average molecular weight is 569 g/mol. The summed E-state index contributed by atoms with van der Waals surface area (Å²) in [6.45, 7) is 5.06. The Labute approximate surface area is 240 Å². The van der Waals surface area contributed by atoms with E-state index in [2.05, 4.69) is 43.1 Å². The summed E-state index contributed by atoms with van der Waals surface area (Å²) in [6, 6.07) is 10.3. The Hall–Kier alpha value is -4.05. The molecule has 0 aliphatic carbocycles. The van der Waals surface area contributed by atoms with Crippen molar-refractivity contribution in [1.82, 2.24) is 25.1 Å². The van der Waals surface area contributed by atoms with Crippen LogP contribution in [0.2, 0.25) is 0 Å². The van der Waals surface area contributed by atoms with Crippen LogP contribution in [0.4, 0.5) is 10.1 Å². The molecule has 2 saturated heterocycles. The molecule has 6 heterocycles. The molecule has 1 unspecified atom stereocenters. The van der Waals surface area contributed by atoms with Crippen LogP contribution >= 0.6 is 11.8 Å². The summed E-state index contributed by atoms with van der Waals surface area (Å²) in [7, 11) is 0. The van der Waals surface area contributed by atoms with Gasteiger partial charge in [0, 0.05) is 60.6 Å². The molecule has 2 aromatic carbocycles. The molecule has 8 rings (SSSR count). The van der Waals surface area contributed by atoms with Gasteiger partial charge in [0.15, 0.2) is 6.04 Å². The van der Waals surface area contributed by atoms with Gasteiger partial charge in [-0.3, -0.25) is 14.9 Å². The van der Waals surface area contributed by atoms with Crippen LogP contribution in [0.15, 0.2) is 53.9 Å². The zero-order chi connectivity index (χ0) is 27.7. The number of imidazole rings is 1. The molecule has 206 valence electrons. The van der Waals surface area contributed by atoms with Crippen LogP contribution in [0.1, 0.15) is 39.8 Å². The van der Waals surface area contributed by atoms with Crippen LogP contribution in [0, 0.1) is 16.6 Å². The molecule has 1 aromatic heterocycles. The molecule has 3 aromatic rings. The number of carbonyl (C=O) groups is 2. The van der Waals surface area contributed by atoms with E-state index in [0.717, 1.165) is 62.5 Å². The Morgan fingerprint density at radius 1 is 1.17 bits per heavy atom. The summed E-state index contributed by atoms with van der Waals surface area (Å²) >= 11 is 1.17. The van der Waals surface area contributed by atoms with Crippen LogP contribution in [-0.4, -0.2) is 57.6 Å². The van der Waals surface area contributed by atoms with Crippen molar-refractivity contribution < 1.29 is 14.0 Å². The summed E-state index contributed by atoms with van der Waals surface area (Å²) < 4.78 is 17.6. The molecule has 0 saturated carbocycles. The molecule has 1 atom stereocenters. The maximum atomic E-state index is 15.6. The van der Waals surface area contributed by atoms with E-state index in [4.69, 9.17) is 0 Å². The van der Waals surface area contributed by atoms with E-state index < -0.39 is 17.8 Å². The Morgan fingerprint density at radius 3 is 2.73 bits per heavy atom. The number of aromatic nitrogens is 2. The Balaban J connectivity index is 1.08. The van der Waals surface area contributed by atoms with Gasteiger partial charge in [0.05, 0.1) is 18.6 Å². The second-order valence-corrected chi connectivity index (χ2v) is 12.3. The third-order valence-electron chi connectivity index (χ3n) is 8.86. The predicted octanol–water partition coefficient (Wildman–Crippen LogP) is 3.24. The van der Waals surface area contributed by atoms with Crippen LogP contribution < -0.4 is 15.5 Å². The van der Waals surface area contributed by atoms with E-state index in [-0.39, 0.29) is 18.0 Å². The number of fused-ring (bicyclic) bond motifs is 2. The second-order valence-electron chi connectivity index (χ2n) is 11.5. The summed E-state index contributed by atoms with van der Waals surface area (Å²) in [5.74, 6) is -1.27. The molecule has 0 radical (unpaired) electrons. The van der Waals surface area contributed by atoms with Gasteiger partial charge in [-0.15, -0.1) is 0 Å². The number of carbonyl (C=O) groups excluding carboxylic acids is 2. The summed E-state index contributed by atoms with van der Waals surface area (Å²) in [5, 5.41) is 9.41. The number of benzene rings is 2. The van der Waals surface area contributed by atoms with Gasteiger partial charge in [-0.2, -0.15) is 4.99 Å². The van der Waals surface area contributed by atoms with E-state index in [0.29, 0.717) is 27.4 Å². The maximum Gasteiger partial charge on any atom is 0.338 e. The SMILES string of the molecule is O=C(NC1=NC=[C+]S1)C(c1ncn2c1CCC2)N1Cc2c(F)cc(-c3ccc(N4CC5(CNC5)C4)cc3)cc2C1=O. The Morgan fingerprint density at radius 2 is 2.00 bits per heavy atom. The largest absolute Gasteiger partial charge is 0.370 e. The predicted molar refractivity (Wildman–Crippen MR) is 153 cm³/mol. The normalized spacial score (nSPS) is 20.3. The van der Waals surface area contributed by atoms with Crippen molar-refractivity contribution in [3.63, 3.8) is 0 Å². The zero-order valence-corrected chi connectivity index (χ0v) is 23.0. The van der Waals surface area contributed by atoms with Crippen molar-refractivity contribution in [2.24, 2.45) is 10.4 Å². The number of aryl methyl sites for hydroxylation is 1. The van der Waals surface area contributed by atoms with E-state index in [1.165, 1.54) is 28.9 Å². The highest BCUT2D eigenvalue weighted by molar-refractivity contribution is 8.15. The molecule has 41 heavy (non-hydrogen) atoms. The molecule has 5 aliphatic rings. The molecule has 11 heteroatoms. The van der Waals surface area contributed by atoms with Gasteiger partial charge in [-0.05, 0) is 48.2 Å². The molecular weight excluding hydrogens is 541 g/mol. The van der Waals surface area contributed by atoms with Crippen molar-refractivity contribution >= 4 is 34.4 Å². The quantitative estimate of drug-likeness (QED) is 0.459. The average Bonchev–Trinajstić information content (AvgIpc) is 3.71. The molecule has 2 amide bonds. The van der Waals surface area contributed by atoms with Gasteiger partial charge in [0.2, 0.25) is 16.9 Å². The molecule has 0 bridgehead atoms. The topological polar surface area (TPSA) is 94.9 Å². The fourth-order valence-corrected chi connectivity index (χ4v) is 7.12. The lowest BCUT2D eigenvalue weighted by Crippen LogP contribution is -2.71. The summed E-state index contributed by atoms with van der Waals surface area (Å²) in [4.78, 5) is 40.0. The lowest BCUT2D eigenvalue weighted by molar-refractivity contribution is -0.124. The van der Waals surface area contributed by atoms with Gasteiger partial charge in [0.1, 0.15) is 5.82 Å². The number of amides is 2. The van der Waals surface area contributed by atoms with E-state index in [1.54, 1.807) is 12.4 Å². The summed E-state index contributed by atoms with van der Waals surface area (Å²) in [6.07, 6.45) is 4.91. The molecule has 5 aliphatic heterocycles. The Bertz CT molecular complexity index is 1650. The number of rotatable bonds is 5. The Kier molecular flexibility index (Phi) is 5.57. The molecule has 9 nitrogen and oxygen atoms in total. The highest BCUT2D eigenvalue weighted by atomic mass is 32.2. The number of hydrogen-bond donors (Lipinski definition) is 2. The number of aliphatic imine (C=N–C) groups is 1. The fourth-order valence-electron chi connectivity index (χ4n) is 6.64. The number of amidine groups is 1. The van der Waals surface area contributed by atoms with Gasteiger partial charge in [-0.1, -0.05) is 12.1 Å². The van der Waals surface area contributed by atoms with E-state index >= 15 is 4.39 Å². The fraction of sp³-hybridized carbons (Fsp3) is 0.333. The first kappa shape index (κ1) is 24.7. The lowest BCUT2D eigenvalue weighted by atomic mass is 9.74. The highest BCUT2D eigenvalue weighted by Gasteiger charge is 2.47. The molecular formula is C30H27FN7O2S+. The standard InChI is InChI=1S/C30H26FN7O2S/c31-23-11-19(18-3-5-20(6-4-18)37-15-30(16-37)13-32-14-30)10-21-22(23)12-38(28(21)40)26(27(39)35-29-33-7-9-41-29)25-24-2-1-8-36(24)17-34-25/h3-7,10-11,17,26,32H,1-2,8,12-16H2/p+1. The van der Waals surface area contributed by atoms with Gasteiger partial charge < -0.3 is 19.7 Å². The maximum absolute atomic E-state index is 15.6. The minimum absolute atomic E-state index is 0.0147. The minimum Gasteiger partial charge on any atom is -0.370 e. The summed E-state index contributed by atoms with van der Waals surface area (Å²) in [5.41, 5.74) is 5.09. The van der Waals surface area contributed by atoms with Crippen molar-refractivity contribution in [3.05, 3.63) is 82.7 Å². The number of hydrogen-bond acceptors (Lipinski definition) is 7. The van der Waals surface area contributed by atoms with Crippen molar-refractivity contribution in [1.29, 1.82) is 0 Å². The van der Waals surface area contributed by atoms with Crippen LogP contribution in [0.3, 0.4) is 0 Å².